The molecular weight excluding hydrogens is 325 g/mol. The minimum absolute atomic E-state index is 0. The van der Waals surface area contributed by atoms with Crippen LogP contribution in [-0.2, 0) is 4.79 Å². The maximum Gasteiger partial charge on any atom is 0.249 e. The van der Waals surface area contributed by atoms with Crippen LogP contribution in [0.5, 0.6) is 0 Å². The molecule has 1 atom stereocenters. The van der Waals surface area contributed by atoms with Gasteiger partial charge in [0.15, 0.2) is 5.82 Å². The summed E-state index contributed by atoms with van der Waals surface area (Å²) in [6.07, 6.45) is 1.40. The standard InChI is InChI=1S/C14H18ClN5O.ClH/c1-3-8-14(2,16)12(21)18-13-17-11(19-20-13)9-6-4-5-7-10(9)15;/h4-7H,3,8,16H2,1-2H3,(H2,17,18,19,20,21);1H. The monoisotopic (exact) mass is 343 g/mol. The van der Waals surface area contributed by atoms with Crippen molar-refractivity contribution >= 4 is 35.9 Å². The lowest BCUT2D eigenvalue weighted by Crippen LogP contribution is -2.48. The quantitative estimate of drug-likeness (QED) is 0.777. The Morgan fingerprint density at radius 2 is 2.14 bits per heavy atom. The number of hydrogen-bond donors (Lipinski definition) is 3. The van der Waals surface area contributed by atoms with E-state index in [4.69, 9.17) is 17.3 Å². The lowest BCUT2D eigenvalue weighted by atomic mass is 9.97. The highest BCUT2D eigenvalue weighted by Crippen LogP contribution is 2.25. The predicted molar refractivity (Wildman–Crippen MR) is 90.2 cm³/mol. The molecule has 0 aliphatic rings. The largest absolute Gasteiger partial charge is 0.318 e. The van der Waals surface area contributed by atoms with Crippen molar-refractivity contribution in [1.82, 2.24) is 15.2 Å². The molecule has 1 aromatic heterocycles. The molecule has 4 N–H and O–H groups in total. The number of carbonyl (C=O) groups excluding carboxylic acids is 1. The summed E-state index contributed by atoms with van der Waals surface area (Å²) in [7, 11) is 0. The molecule has 0 saturated carbocycles. The molecule has 0 spiro atoms. The van der Waals surface area contributed by atoms with Gasteiger partial charge in [0.1, 0.15) is 0 Å². The van der Waals surface area contributed by atoms with Crippen molar-refractivity contribution < 1.29 is 4.79 Å². The number of rotatable bonds is 5. The Morgan fingerprint density at radius 3 is 2.77 bits per heavy atom. The average Bonchev–Trinajstić information content (AvgIpc) is 2.87. The normalized spacial score (nSPS) is 13.1. The van der Waals surface area contributed by atoms with Crippen LogP contribution in [0, 0.1) is 0 Å². The van der Waals surface area contributed by atoms with Crippen LogP contribution in [0.2, 0.25) is 5.02 Å². The van der Waals surface area contributed by atoms with Gasteiger partial charge in [-0.2, -0.15) is 4.98 Å². The molecule has 0 saturated heterocycles. The van der Waals surface area contributed by atoms with Gasteiger partial charge in [-0.15, -0.1) is 17.5 Å². The van der Waals surface area contributed by atoms with E-state index in [2.05, 4.69) is 20.5 Å². The number of nitrogens with one attached hydrogen (secondary N) is 2. The van der Waals surface area contributed by atoms with Crippen LogP contribution in [0.25, 0.3) is 11.4 Å². The summed E-state index contributed by atoms with van der Waals surface area (Å²) in [5.74, 6) is 0.363. The van der Waals surface area contributed by atoms with E-state index in [0.717, 1.165) is 12.0 Å². The van der Waals surface area contributed by atoms with Crippen LogP contribution >= 0.6 is 24.0 Å². The maximum atomic E-state index is 12.1. The van der Waals surface area contributed by atoms with E-state index >= 15 is 0 Å². The van der Waals surface area contributed by atoms with Crippen molar-refractivity contribution in [2.24, 2.45) is 5.73 Å². The van der Waals surface area contributed by atoms with Crippen molar-refractivity contribution in [3.05, 3.63) is 29.3 Å². The Bertz CT molecular complexity index is 642. The number of nitrogens with zero attached hydrogens (tertiary/aromatic N) is 2. The van der Waals surface area contributed by atoms with Crippen LogP contribution in [0.15, 0.2) is 24.3 Å². The Hall–Kier alpha value is -1.63. The zero-order valence-electron chi connectivity index (χ0n) is 12.4. The van der Waals surface area contributed by atoms with Gasteiger partial charge in [0.2, 0.25) is 11.9 Å². The lowest BCUT2D eigenvalue weighted by molar-refractivity contribution is -0.120. The van der Waals surface area contributed by atoms with Gasteiger partial charge in [-0.25, -0.2) is 0 Å². The van der Waals surface area contributed by atoms with Crippen LogP contribution in [-0.4, -0.2) is 26.6 Å². The van der Waals surface area contributed by atoms with E-state index < -0.39 is 5.54 Å². The minimum Gasteiger partial charge on any atom is -0.318 e. The Labute approximate surface area is 140 Å². The Balaban J connectivity index is 0.00000242. The third-order valence-electron chi connectivity index (χ3n) is 3.13. The third-order valence-corrected chi connectivity index (χ3v) is 3.46. The minimum atomic E-state index is -0.945. The molecule has 0 aliphatic heterocycles. The fraction of sp³-hybridized carbons (Fsp3) is 0.357. The van der Waals surface area contributed by atoms with E-state index in [1.807, 2.05) is 25.1 Å². The first-order valence-electron chi connectivity index (χ1n) is 6.71. The van der Waals surface area contributed by atoms with Crippen molar-refractivity contribution in [2.75, 3.05) is 5.32 Å². The summed E-state index contributed by atoms with van der Waals surface area (Å²) >= 11 is 6.09. The van der Waals surface area contributed by atoms with E-state index in [-0.39, 0.29) is 24.3 Å². The molecule has 0 fully saturated rings. The number of amides is 1. The zero-order valence-corrected chi connectivity index (χ0v) is 14.0. The molecular formula is C14H19Cl2N5O. The lowest BCUT2D eigenvalue weighted by Gasteiger charge is -2.21. The Morgan fingerprint density at radius 1 is 1.45 bits per heavy atom. The van der Waals surface area contributed by atoms with Gasteiger partial charge >= 0.3 is 0 Å². The second-order valence-corrected chi connectivity index (χ2v) is 5.52. The number of nitrogens with two attached hydrogens (primary N) is 1. The topological polar surface area (TPSA) is 96.7 Å². The van der Waals surface area contributed by atoms with Gasteiger partial charge < -0.3 is 5.73 Å². The van der Waals surface area contributed by atoms with Crippen molar-refractivity contribution in [3.8, 4) is 11.4 Å². The van der Waals surface area contributed by atoms with Gasteiger partial charge in [0.25, 0.3) is 0 Å². The highest BCUT2D eigenvalue weighted by molar-refractivity contribution is 6.33. The average molecular weight is 344 g/mol. The van der Waals surface area contributed by atoms with Crippen molar-refractivity contribution in [3.63, 3.8) is 0 Å². The highest BCUT2D eigenvalue weighted by Gasteiger charge is 2.28. The predicted octanol–water partition coefficient (Wildman–Crippen LogP) is 3.00. The first-order valence-corrected chi connectivity index (χ1v) is 7.09. The van der Waals surface area contributed by atoms with Gasteiger partial charge in [0.05, 0.1) is 10.6 Å². The number of aromatic amines is 1. The zero-order chi connectivity index (χ0) is 15.5. The number of anilines is 1. The summed E-state index contributed by atoms with van der Waals surface area (Å²) in [6.45, 7) is 3.66. The van der Waals surface area contributed by atoms with Gasteiger partial charge in [-0.05, 0) is 25.5 Å². The molecule has 6 nitrogen and oxygen atoms in total. The summed E-state index contributed by atoms with van der Waals surface area (Å²) in [5.41, 5.74) is 5.74. The SMILES string of the molecule is CCCC(C)(N)C(=O)Nc1n[nH]c(-c2ccccc2Cl)n1.Cl. The maximum absolute atomic E-state index is 12.1. The number of H-pyrrole nitrogens is 1. The molecule has 2 aromatic rings. The van der Waals surface area contributed by atoms with Gasteiger partial charge in [0, 0.05) is 5.56 Å². The molecule has 1 aromatic carbocycles. The van der Waals surface area contributed by atoms with Crippen LogP contribution in [0.3, 0.4) is 0 Å². The molecule has 0 bridgehead atoms. The number of carbonyl (C=O) groups is 1. The third kappa shape index (κ3) is 4.19. The van der Waals surface area contributed by atoms with Gasteiger partial charge in [-0.3, -0.25) is 15.2 Å². The molecule has 1 amide bonds. The van der Waals surface area contributed by atoms with E-state index in [9.17, 15) is 4.79 Å². The molecule has 1 unspecified atom stereocenters. The van der Waals surface area contributed by atoms with Crippen LogP contribution in [0.1, 0.15) is 26.7 Å². The molecule has 1 heterocycles. The summed E-state index contributed by atoms with van der Waals surface area (Å²) in [5, 5.41) is 9.89. The second-order valence-electron chi connectivity index (χ2n) is 5.11. The van der Waals surface area contributed by atoms with Crippen molar-refractivity contribution in [2.45, 2.75) is 32.2 Å². The summed E-state index contributed by atoms with van der Waals surface area (Å²) in [4.78, 5) is 16.3. The fourth-order valence-corrected chi connectivity index (χ4v) is 2.19. The molecule has 8 heteroatoms. The van der Waals surface area contributed by atoms with Crippen LogP contribution < -0.4 is 11.1 Å². The van der Waals surface area contributed by atoms with E-state index in [0.29, 0.717) is 17.3 Å². The first-order chi connectivity index (χ1) is 9.94. The van der Waals surface area contributed by atoms with E-state index in [1.165, 1.54) is 0 Å². The van der Waals surface area contributed by atoms with Crippen molar-refractivity contribution in [1.29, 1.82) is 0 Å². The number of hydrogen-bond acceptors (Lipinski definition) is 4. The summed E-state index contributed by atoms with van der Waals surface area (Å²) in [6, 6.07) is 7.25. The van der Waals surface area contributed by atoms with Crippen LogP contribution in [0.4, 0.5) is 5.95 Å². The highest BCUT2D eigenvalue weighted by atomic mass is 35.5. The first kappa shape index (κ1) is 18.4. The number of halogens is 2. The van der Waals surface area contributed by atoms with Gasteiger partial charge in [-0.1, -0.05) is 37.1 Å². The smallest absolute Gasteiger partial charge is 0.249 e. The van der Waals surface area contributed by atoms with E-state index in [1.54, 1.807) is 13.0 Å². The molecule has 0 radical (unpaired) electrons. The molecule has 2 rings (SSSR count). The molecule has 0 aliphatic carbocycles. The summed E-state index contributed by atoms with van der Waals surface area (Å²) < 4.78 is 0. The number of aromatic nitrogens is 3. The second kappa shape index (κ2) is 7.58. The molecule has 22 heavy (non-hydrogen) atoms. The fourth-order valence-electron chi connectivity index (χ4n) is 1.97. The molecule has 120 valence electrons. The number of benzene rings is 1. The Kier molecular flexibility index (Phi) is 6.34.